The number of morpholine rings is 1. The average molecular weight is 345 g/mol. The summed E-state index contributed by atoms with van der Waals surface area (Å²) in [6.45, 7) is 4.60. The maximum absolute atomic E-state index is 12.8. The van der Waals surface area contributed by atoms with Gasteiger partial charge >= 0.3 is 0 Å². The highest BCUT2D eigenvalue weighted by atomic mass is 32.2. The molecule has 3 rings (SSSR count). The minimum atomic E-state index is -1.42. The predicted octanol–water partition coefficient (Wildman–Crippen LogP) is 2.79. The quantitative estimate of drug-likeness (QED) is 0.773. The summed E-state index contributed by atoms with van der Waals surface area (Å²) in [5.74, 6) is 0. The summed E-state index contributed by atoms with van der Waals surface area (Å²) in [6, 6.07) is 19.8. The van der Waals surface area contributed by atoms with Crippen LogP contribution in [0.5, 0.6) is 0 Å². The van der Waals surface area contributed by atoms with Gasteiger partial charge < -0.3 is 4.74 Å². The first-order valence-corrected chi connectivity index (χ1v) is 9.42. The molecule has 1 heterocycles. The summed E-state index contributed by atoms with van der Waals surface area (Å²) < 4.78 is 23.9. The van der Waals surface area contributed by atoms with Crippen molar-refractivity contribution in [1.82, 2.24) is 4.90 Å². The van der Waals surface area contributed by atoms with Crippen LogP contribution in [0.25, 0.3) is 0 Å². The minimum absolute atomic E-state index is 0.267. The fourth-order valence-electron chi connectivity index (χ4n) is 2.81. The zero-order valence-corrected chi connectivity index (χ0v) is 14.5. The van der Waals surface area contributed by atoms with Crippen molar-refractivity contribution in [2.75, 3.05) is 39.5 Å². The monoisotopic (exact) mass is 345 g/mol. The third-order valence-electron chi connectivity index (χ3n) is 4.11. The molecule has 0 unspecified atom stereocenters. The van der Waals surface area contributed by atoms with Gasteiger partial charge in [0.25, 0.3) is 0 Å². The second-order valence-corrected chi connectivity index (χ2v) is 6.97. The topological polar surface area (TPSA) is 38.8 Å². The van der Waals surface area contributed by atoms with Gasteiger partial charge in [0.15, 0.2) is 11.1 Å². The molecule has 0 saturated carbocycles. The molecule has 5 heteroatoms. The molecule has 0 amide bonds. The zero-order chi connectivity index (χ0) is 16.6. The molecule has 1 atom stereocenters. The van der Waals surface area contributed by atoms with E-state index in [-0.39, 0.29) is 5.25 Å². The van der Waals surface area contributed by atoms with E-state index < -0.39 is 11.1 Å². The summed E-state index contributed by atoms with van der Waals surface area (Å²) in [5, 5.41) is -0.267. The number of ether oxygens (including phenoxy) is 1. The maximum atomic E-state index is 12.8. The smallest absolute Gasteiger partial charge is 0.167 e. The molecular formula is C19H23NO3S. The van der Waals surface area contributed by atoms with Crippen LogP contribution >= 0.6 is 0 Å². The fourth-order valence-corrected chi connectivity index (χ4v) is 3.95. The Morgan fingerprint density at radius 2 is 1.50 bits per heavy atom. The standard InChI is InChI=1S/C19H23NO3S/c21-24(23-16-13-20-11-14-22-15-12-20)19(17-7-3-1-4-8-17)18-9-5-2-6-10-18/h1-10,19H,11-16H2/t24-/m0/s1. The van der Waals surface area contributed by atoms with Crippen LogP contribution in [-0.4, -0.2) is 48.6 Å². The van der Waals surface area contributed by atoms with E-state index in [9.17, 15) is 4.21 Å². The van der Waals surface area contributed by atoms with Crippen molar-refractivity contribution in [1.29, 1.82) is 0 Å². The van der Waals surface area contributed by atoms with Crippen LogP contribution in [0.3, 0.4) is 0 Å². The third kappa shape index (κ3) is 4.74. The Hall–Kier alpha value is -1.53. The lowest BCUT2D eigenvalue weighted by atomic mass is 10.0. The maximum Gasteiger partial charge on any atom is 0.167 e. The highest BCUT2D eigenvalue weighted by Gasteiger charge is 2.22. The first-order valence-electron chi connectivity index (χ1n) is 8.28. The van der Waals surface area contributed by atoms with E-state index in [2.05, 4.69) is 4.90 Å². The van der Waals surface area contributed by atoms with Crippen LogP contribution in [-0.2, 0) is 20.0 Å². The van der Waals surface area contributed by atoms with Crippen LogP contribution < -0.4 is 0 Å². The van der Waals surface area contributed by atoms with Crippen LogP contribution in [0.2, 0.25) is 0 Å². The van der Waals surface area contributed by atoms with Crippen molar-refractivity contribution in [3.63, 3.8) is 0 Å². The molecule has 128 valence electrons. The summed E-state index contributed by atoms with van der Waals surface area (Å²) >= 11 is -1.42. The van der Waals surface area contributed by atoms with Gasteiger partial charge in [0, 0.05) is 19.6 Å². The highest BCUT2D eigenvalue weighted by Crippen LogP contribution is 2.28. The molecule has 1 fully saturated rings. The number of rotatable bonds is 7. The van der Waals surface area contributed by atoms with E-state index in [0.717, 1.165) is 44.0 Å². The molecular weight excluding hydrogens is 322 g/mol. The van der Waals surface area contributed by atoms with Crippen LogP contribution in [0.15, 0.2) is 60.7 Å². The molecule has 2 aromatic rings. The Labute approximate surface area is 146 Å². The SMILES string of the molecule is O=[S@@](OCCN1CCOCC1)C(c1ccccc1)c1ccccc1. The summed E-state index contributed by atoms with van der Waals surface area (Å²) in [7, 11) is 0. The van der Waals surface area contributed by atoms with E-state index in [1.165, 1.54) is 0 Å². The lowest BCUT2D eigenvalue weighted by Crippen LogP contribution is -2.38. The van der Waals surface area contributed by atoms with Gasteiger partial charge in [-0.2, -0.15) is 0 Å². The molecule has 1 saturated heterocycles. The molecule has 1 aliphatic heterocycles. The van der Waals surface area contributed by atoms with E-state index in [0.29, 0.717) is 6.61 Å². The molecule has 0 aromatic heterocycles. The zero-order valence-electron chi connectivity index (χ0n) is 13.7. The van der Waals surface area contributed by atoms with Gasteiger partial charge in [0.05, 0.1) is 19.8 Å². The molecule has 2 aromatic carbocycles. The van der Waals surface area contributed by atoms with Crippen LogP contribution in [0.4, 0.5) is 0 Å². The molecule has 24 heavy (non-hydrogen) atoms. The summed E-state index contributed by atoms with van der Waals surface area (Å²) in [5.41, 5.74) is 2.02. The number of hydrogen-bond acceptors (Lipinski definition) is 4. The van der Waals surface area contributed by atoms with Crippen molar-refractivity contribution < 1.29 is 13.1 Å². The third-order valence-corrected chi connectivity index (χ3v) is 5.44. The summed E-state index contributed by atoms with van der Waals surface area (Å²) in [6.07, 6.45) is 0. The Morgan fingerprint density at radius 3 is 2.04 bits per heavy atom. The van der Waals surface area contributed by atoms with Crippen molar-refractivity contribution in [2.45, 2.75) is 5.25 Å². The van der Waals surface area contributed by atoms with Gasteiger partial charge in [-0.3, -0.25) is 9.08 Å². The highest BCUT2D eigenvalue weighted by molar-refractivity contribution is 7.80. The second kappa shape index (κ2) is 9.08. The van der Waals surface area contributed by atoms with Crippen LogP contribution in [0, 0.1) is 0 Å². The molecule has 0 bridgehead atoms. The Bertz CT molecular complexity index is 590. The fraction of sp³-hybridized carbons (Fsp3) is 0.368. The van der Waals surface area contributed by atoms with Crippen molar-refractivity contribution in [3.8, 4) is 0 Å². The van der Waals surface area contributed by atoms with Gasteiger partial charge in [-0.1, -0.05) is 60.7 Å². The Balaban J connectivity index is 1.65. The lowest BCUT2D eigenvalue weighted by molar-refractivity contribution is 0.0330. The lowest BCUT2D eigenvalue weighted by Gasteiger charge is -2.26. The van der Waals surface area contributed by atoms with E-state index >= 15 is 0 Å². The van der Waals surface area contributed by atoms with E-state index in [4.69, 9.17) is 8.92 Å². The Morgan fingerprint density at radius 1 is 0.958 bits per heavy atom. The van der Waals surface area contributed by atoms with E-state index in [1.807, 2.05) is 60.7 Å². The predicted molar refractivity (Wildman–Crippen MR) is 96.1 cm³/mol. The van der Waals surface area contributed by atoms with Crippen molar-refractivity contribution in [3.05, 3.63) is 71.8 Å². The van der Waals surface area contributed by atoms with Gasteiger partial charge in [-0.25, -0.2) is 4.21 Å². The first-order chi connectivity index (χ1) is 11.8. The molecule has 0 N–H and O–H groups in total. The Kier molecular flexibility index (Phi) is 6.55. The molecule has 1 aliphatic rings. The number of benzene rings is 2. The largest absolute Gasteiger partial charge is 0.379 e. The van der Waals surface area contributed by atoms with Gasteiger partial charge in [-0.15, -0.1) is 0 Å². The molecule has 0 spiro atoms. The van der Waals surface area contributed by atoms with Gasteiger partial charge in [-0.05, 0) is 11.1 Å². The first kappa shape index (κ1) is 17.3. The van der Waals surface area contributed by atoms with Crippen molar-refractivity contribution in [2.24, 2.45) is 0 Å². The van der Waals surface area contributed by atoms with Crippen LogP contribution in [0.1, 0.15) is 16.4 Å². The molecule has 0 aliphatic carbocycles. The van der Waals surface area contributed by atoms with Gasteiger partial charge in [0.2, 0.25) is 0 Å². The second-order valence-electron chi connectivity index (χ2n) is 5.74. The van der Waals surface area contributed by atoms with E-state index in [1.54, 1.807) is 0 Å². The number of hydrogen-bond donors (Lipinski definition) is 0. The molecule has 0 radical (unpaired) electrons. The average Bonchev–Trinajstić information content (AvgIpc) is 2.65. The summed E-state index contributed by atoms with van der Waals surface area (Å²) in [4.78, 5) is 2.28. The van der Waals surface area contributed by atoms with Crippen molar-refractivity contribution >= 4 is 11.1 Å². The minimum Gasteiger partial charge on any atom is -0.379 e. The normalized spacial score (nSPS) is 17.0. The number of nitrogens with zero attached hydrogens (tertiary/aromatic N) is 1. The molecule has 4 nitrogen and oxygen atoms in total. The van der Waals surface area contributed by atoms with Gasteiger partial charge in [0.1, 0.15) is 5.25 Å².